The molecule has 0 fully saturated rings. The van der Waals surface area contributed by atoms with Gasteiger partial charge in [-0.2, -0.15) is 9.40 Å². The minimum absolute atomic E-state index is 0.238. The first kappa shape index (κ1) is 20.4. The standard InChI is InChI=1S/C17H23ClN4O3S/c1-5-22(6-2)26(24,25)14-9-7-13(8-10-14)11-19-17(23)15-12(3)20-21(4)16(15)18/h7-10H,5-6,11H2,1-4H3,(H,19,23). The molecule has 0 radical (unpaired) electrons. The summed E-state index contributed by atoms with van der Waals surface area (Å²) in [6, 6.07) is 6.48. The molecule has 2 rings (SSSR count). The van der Waals surface area contributed by atoms with E-state index in [2.05, 4.69) is 10.4 Å². The van der Waals surface area contributed by atoms with Gasteiger partial charge in [0.05, 0.1) is 16.2 Å². The summed E-state index contributed by atoms with van der Waals surface area (Å²) in [7, 11) is -1.82. The fraction of sp³-hybridized carbons (Fsp3) is 0.412. The molecule has 0 saturated carbocycles. The van der Waals surface area contributed by atoms with Crippen LogP contribution in [-0.2, 0) is 23.6 Å². The number of aromatic nitrogens is 2. The highest BCUT2D eigenvalue weighted by molar-refractivity contribution is 7.89. The number of carbonyl (C=O) groups excluding carboxylic acids is 1. The smallest absolute Gasteiger partial charge is 0.256 e. The molecule has 0 unspecified atom stereocenters. The number of halogens is 1. The van der Waals surface area contributed by atoms with E-state index >= 15 is 0 Å². The molecule has 0 aliphatic heterocycles. The van der Waals surface area contributed by atoms with Crippen LogP contribution in [0.5, 0.6) is 0 Å². The lowest BCUT2D eigenvalue weighted by Crippen LogP contribution is -2.30. The summed E-state index contributed by atoms with van der Waals surface area (Å²) >= 11 is 6.09. The molecule has 0 atom stereocenters. The molecule has 0 bridgehead atoms. The molecule has 26 heavy (non-hydrogen) atoms. The topological polar surface area (TPSA) is 84.3 Å². The van der Waals surface area contributed by atoms with E-state index in [-0.39, 0.29) is 22.5 Å². The van der Waals surface area contributed by atoms with E-state index in [1.807, 2.05) is 0 Å². The monoisotopic (exact) mass is 398 g/mol. The number of aryl methyl sites for hydroxylation is 2. The predicted molar refractivity (Wildman–Crippen MR) is 101 cm³/mol. The van der Waals surface area contributed by atoms with Crippen molar-refractivity contribution in [1.29, 1.82) is 0 Å². The molecule has 1 heterocycles. The lowest BCUT2D eigenvalue weighted by Gasteiger charge is -2.18. The van der Waals surface area contributed by atoms with Crippen molar-refractivity contribution in [3.63, 3.8) is 0 Å². The highest BCUT2D eigenvalue weighted by Gasteiger charge is 2.21. The first-order valence-corrected chi connectivity index (χ1v) is 10.1. The summed E-state index contributed by atoms with van der Waals surface area (Å²) in [6.07, 6.45) is 0. The summed E-state index contributed by atoms with van der Waals surface area (Å²) in [6.45, 7) is 6.42. The van der Waals surface area contributed by atoms with Gasteiger partial charge in [0.2, 0.25) is 10.0 Å². The van der Waals surface area contributed by atoms with Crippen LogP contribution < -0.4 is 5.32 Å². The molecule has 7 nitrogen and oxygen atoms in total. The molecule has 142 valence electrons. The number of hydrogen-bond acceptors (Lipinski definition) is 4. The zero-order valence-electron chi connectivity index (χ0n) is 15.3. The van der Waals surface area contributed by atoms with E-state index in [1.54, 1.807) is 52.1 Å². The van der Waals surface area contributed by atoms with Crippen molar-refractivity contribution < 1.29 is 13.2 Å². The van der Waals surface area contributed by atoms with Gasteiger partial charge >= 0.3 is 0 Å². The largest absolute Gasteiger partial charge is 0.348 e. The number of rotatable bonds is 7. The number of sulfonamides is 1. The summed E-state index contributed by atoms with van der Waals surface area (Å²) < 4.78 is 27.8. The second kappa shape index (κ2) is 8.20. The van der Waals surface area contributed by atoms with Crippen LogP contribution in [0.3, 0.4) is 0 Å². The number of nitrogens with zero attached hydrogens (tertiary/aromatic N) is 3. The Bertz CT molecular complexity index is 887. The van der Waals surface area contributed by atoms with E-state index in [0.29, 0.717) is 24.3 Å². The Morgan fingerprint density at radius 1 is 1.23 bits per heavy atom. The van der Waals surface area contributed by atoms with Crippen molar-refractivity contribution in [1.82, 2.24) is 19.4 Å². The number of benzene rings is 1. The number of nitrogens with one attached hydrogen (secondary N) is 1. The van der Waals surface area contributed by atoms with Crippen molar-refractivity contribution in [3.8, 4) is 0 Å². The average Bonchev–Trinajstić information content (AvgIpc) is 2.86. The normalized spacial score (nSPS) is 11.8. The third kappa shape index (κ3) is 4.08. The molecule has 0 aliphatic rings. The van der Waals surface area contributed by atoms with Crippen LogP contribution in [-0.4, -0.2) is 41.5 Å². The van der Waals surface area contributed by atoms with Crippen LogP contribution in [0, 0.1) is 6.92 Å². The summed E-state index contributed by atoms with van der Waals surface area (Å²) in [5.41, 5.74) is 1.68. The molecule has 2 aromatic rings. The average molecular weight is 399 g/mol. The third-order valence-electron chi connectivity index (χ3n) is 4.10. The molecule has 1 N–H and O–H groups in total. The first-order chi connectivity index (χ1) is 12.2. The van der Waals surface area contributed by atoms with Gasteiger partial charge in [-0.15, -0.1) is 0 Å². The van der Waals surface area contributed by atoms with Gasteiger partial charge < -0.3 is 5.32 Å². The van der Waals surface area contributed by atoms with Gasteiger partial charge in [0.1, 0.15) is 5.15 Å². The summed E-state index contributed by atoms with van der Waals surface area (Å²) in [5, 5.41) is 7.17. The quantitative estimate of drug-likeness (QED) is 0.775. The van der Waals surface area contributed by atoms with E-state index in [1.165, 1.54) is 8.99 Å². The predicted octanol–water partition coefficient (Wildman–Crippen LogP) is 2.34. The van der Waals surface area contributed by atoms with Crippen LogP contribution in [0.15, 0.2) is 29.2 Å². The Balaban J connectivity index is 2.09. The second-order valence-electron chi connectivity index (χ2n) is 5.79. The SMILES string of the molecule is CCN(CC)S(=O)(=O)c1ccc(CNC(=O)c2c(C)nn(C)c2Cl)cc1. The maximum Gasteiger partial charge on any atom is 0.256 e. The van der Waals surface area contributed by atoms with E-state index in [0.717, 1.165) is 5.56 Å². The second-order valence-corrected chi connectivity index (χ2v) is 8.09. The molecule has 1 aromatic carbocycles. The van der Waals surface area contributed by atoms with Crippen LogP contribution in [0.4, 0.5) is 0 Å². The molecule has 0 aliphatic carbocycles. The molecule has 1 amide bonds. The highest BCUT2D eigenvalue weighted by atomic mass is 35.5. The van der Waals surface area contributed by atoms with Crippen molar-refractivity contribution in [3.05, 3.63) is 46.2 Å². The Hall–Kier alpha value is -1.90. The number of carbonyl (C=O) groups is 1. The Kier molecular flexibility index (Phi) is 6.44. The minimum Gasteiger partial charge on any atom is -0.348 e. The van der Waals surface area contributed by atoms with E-state index < -0.39 is 10.0 Å². The van der Waals surface area contributed by atoms with E-state index in [4.69, 9.17) is 11.6 Å². The lowest BCUT2D eigenvalue weighted by molar-refractivity contribution is 0.0950. The molecule has 1 aromatic heterocycles. The zero-order valence-corrected chi connectivity index (χ0v) is 16.9. The minimum atomic E-state index is -3.48. The molecule has 9 heteroatoms. The molecule has 0 saturated heterocycles. The van der Waals surface area contributed by atoms with Gasteiger partial charge in [-0.3, -0.25) is 9.48 Å². The Morgan fingerprint density at radius 3 is 2.27 bits per heavy atom. The van der Waals surface area contributed by atoms with Crippen molar-refractivity contribution in [2.24, 2.45) is 7.05 Å². The van der Waals surface area contributed by atoms with Gasteiger partial charge in [-0.1, -0.05) is 37.6 Å². The van der Waals surface area contributed by atoms with Gasteiger partial charge in [-0.25, -0.2) is 8.42 Å². The molecular formula is C17H23ClN4O3S. The summed E-state index contributed by atoms with van der Waals surface area (Å²) in [5.74, 6) is -0.319. The van der Waals surface area contributed by atoms with Crippen LogP contribution in [0.2, 0.25) is 5.15 Å². The van der Waals surface area contributed by atoms with Gasteiger partial charge in [0.15, 0.2) is 0 Å². The highest BCUT2D eigenvalue weighted by Crippen LogP contribution is 2.19. The maximum absolute atomic E-state index is 12.5. The summed E-state index contributed by atoms with van der Waals surface area (Å²) in [4.78, 5) is 12.6. The zero-order chi connectivity index (χ0) is 19.5. The fourth-order valence-electron chi connectivity index (χ4n) is 2.65. The Morgan fingerprint density at radius 2 is 1.81 bits per heavy atom. The molecule has 0 spiro atoms. The fourth-order valence-corrected chi connectivity index (χ4v) is 4.37. The number of amides is 1. The first-order valence-electron chi connectivity index (χ1n) is 8.28. The van der Waals surface area contributed by atoms with E-state index in [9.17, 15) is 13.2 Å². The van der Waals surface area contributed by atoms with Crippen LogP contribution in [0.25, 0.3) is 0 Å². The lowest BCUT2D eigenvalue weighted by atomic mass is 10.2. The molecular weight excluding hydrogens is 376 g/mol. The van der Waals surface area contributed by atoms with Gasteiger partial charge in [0.25, 0.3) is 5.91 Å². The van der Waals surface area contributed by atoms with Gasteiger partial charge in [0, 0.05) is 26.7 Å². The van der Waals surface area contributed by atoms with Crippen LogP contribution in [0.1, 0.15) is 35.5 Å². The maximum atomic E-state index is 12.5. The van der Waals surface area contributed by atoms with Crippen molar-refractivity contribution >= 4 is 27.5 Å². The number of hydrogen-bond donors (Lipinski definition) is 1. The Labute approximate surface area is 159 Å². The van der Waals surface area contributed by atoms with Crippen molar-refractivity contribution in [2.75, 3.05) is 13.1 Å². The third-order valence-corrected chi connectivity index (χ3v) is 6.60. The van der Waals surface area contributed by atoms with Gasteiger partial charge in [-0.05, 0) is 24.6 Å². The van der Waals surface area contributed by atoms with Crippen molar-refractivity contribution in [2.45, 2.75) is 32.2 Å². The van der Waals surface area contributed by atoms with Crippen LogP contribution >= 0.6 is 11.6 Å².